The molecular weight excluding hydrogens is 346 g/mol. The lowest BCUT2D eigenvalue weighted by Crippen LogP contribution is -1.98. The van der Waals surface area contributed by atoms with Gasteiger partial charge in [-0.2, -0.15) is 5.10 Å². The first-order valence-corrected chi connectivity index (χ1v) is 8.94. The lowest BCUT2D eigenvalue weighted by Gasteiger charge is -2.07. The van der Waals surface area contributed by atoms with Crippen LogP contribution in [0.5, 0.6) is 0 Å². The quantitative estimate of drug-likeness (QED) is 0.529. The van der Waals surface area contributed by atoms with Crippen LogP contribution >= 0.6 is 11.3 Å². The van der Waals surface area contributed by atoms with Gasteiger partial charge in [-0.3, -0.25) is 9.08 Å². The molecule has 0 aliphatic carbocycles. The molecule has 8 heteroatoms. The highest BCUT2D eigenvalue weighted by atomic mass is 32.1. The molecule has 0 aliphatic heterocycles. The van der Waals surface area contributed by atoms with E-state index >= 15 is 0 Å². The summed E-state index contributed by atoms with van der Waals surface area (Å²) < 4.78 is 4.95. The molecule has 0 spiro atoms. The highest BCUT2D eigenvalue weighted by Gasteiger charge is 2.12. The van der Waals surface area contributed by atoms with Crippen molar-refractivity contribution in [3.05, 3.63) is 54.2 Å². The van der Waals surface area contributed by atoms with E-state index in [2.05, 4.69) is 31.4 Å². The molecule has 26 heavy (non-hydrogen) atoms. The van der Waals surface area contributed by atoms with Gasteiger partial charge in [-0.15, -0.1) is 11.3 Å². The second-order valence-corrected chi connectivity index (χ2v) is 7.29. The number of benzene rings is 1. The summed E-state index contributed by atoms with van der Waals surface area (Å²) in [6, 6.07) is 6.13. The van der Waals surface area contributed by atoms with E-state index in [1.54, 1.807) is 22.2 Å². The third-order valence-corrected chi connectivity index (χ3v) is 5.12. The molecule has 0 saturated carbocycles. The normalized spacial score (nSPS) is 11.5. The van der Waals surface area contributed by atoms with Crippen molar-refractivity contribution in [2.75, 3.05) is 5.32 Å². The number of hydrogen-bond donors (Lipinski definition) is 1. The number of aryl methyl sites for hydroxylation is 2. The van der Waals surface area contributed by atoms with Gasteiger partial charge in [0.15, 0.2) is 11.5 Å². The third kappa shape index (κ3) is 2.42. The largest absolute Gasteiger partial charge is 0.337 e. The zero-order valence-corrected chi connectivity index (χ0v) is 15.0. The lowest BCUT2D eigenvalue weighted by atomic mass is 10.3. The highest BCUT2D eigenvalue weighted by Crippen LogP contribution is 2.28. The van der Waals surface area contributed by atoms with E-state index in [0.717, 1.165) is 37.8 Å². The van der Waals surface area contributed by atoms with E-state index in [4.69, 9.17) is 0 Å². The summed E-state index contributed by atoms with van der Waals surface area (Å²) in [5.41, 5.74) is 4.74. The van der Waals surface area contributed by atoms with Crippen molar-refractivity contribution < 1.29 is 0 Å². The summed E-state index contributed by atoms with van der Waals surface area (Å²) >= 11 is 1.68. The Hall–Kier alpha value is -3.26. The molecule has 7 nitrogen and oxygen atoms in total. The van der Waals surface area contributed by atoms with Gasteiger partial charge in [0.25, 0.3) is 0 Å². The maximum atomic E-state index is 4.56. The fraction of sp³-hybridized carbons (Fsp3) is 0.111. The average Bonchev–Trinajstić information content (AvgIpc) is 3.32. The molecule has 1 N–H and O–H groups in total. The first kappa shape index (κ1) is 15.0. The minimum absolute atomic E-state index is 0.711. The Morgan fingerprint density at radius 3 is 2.92 bits per heavy atom. The van der Waals surface area contributed by atoms with Crippen LogP contribution in [0, 0.1) is 6.92 Å². The van der Waals surface area contributed by atoms with E-state index in [-0.39, 0.29) is 0 Å². The molecule has 1 aromatic carbocycles. The molecule has 0 amide bonds. The molecule has 4 aromatic heterocycles. The van der Waals surface area contributed by atoms with E-state index in [1.165, 1.54) is 0 Å². The number of nitrogens with zero attached hydrogens (tertiary/aromatic N) is 6. The Morgan fingerprint density at radius 2 is 2.08 bits per heavy atom. The third-order valence-electron chi connectivity index (χ3n) is 4.19. The lowest BCUT2D eigenvalue weighted by molar-refractivity contribution is 0.768. The van der Waals surface area contributed by atoms with Crippen LogP contribution in [0.15, 0.2) is 49.2 Å². The zero-order valence-electron chi connectivity index (χ0n) is 14.2. The van der Waals surface area contributed by atoms with Gasteiger partial charge < -0.3 is 5.32 Å². The number of fused-ring (bicyclic) bond motifs is 2. The van der Waals surface area contributed by atoms with Crippen LogP contribution in [0.2, 0.25) is 0 Å². The predicted octanol–water partition coefficient (Wildman–Crippen LogP) is 3.79. The molecule has 5 rings (SSSR count). The summed E-state index contributed by atoms with van der Waals surface area (Å²) in [5.74, 6) is 0.711. The number of hydrogen-bond acceptors (Lipinski definition) is 6. The maximum absolute atomic E-state index is 4.56. The summed E-state index contributed by atoms with van der Waals surface area (Å²) in [7, 11) is 1.90. The fourth-order valence-corrected chi connectivity index (χ4v) is 3.90. The highest BCUT2D eigenvalue weighted by molar-refractivity contribution is 7.18. The van der Waals surface area contributed by atoms with Crippen molar-refractivity contribution in [2.45, 2.75) is 6.92 Å². The van der Waals surface area contributed by atoms with Crippen molar-refractivity contribution in [1.82, 2.24) is 29.1 Å². The number of rotatable bonds is 3. The number of nitrogens with one attached hydrogen (secondary N) is 1. The standard InChI is InChI=1S/C18H15N7S/c1-11-22-14-4-3-13(7-16(14)26-11)23-17-18-20-9-15(25(18)6-5-19-17)12-8-21-24(2)10-12/h3-10H,1-2H3,(H,19,23). The van der Waals surface area contributed by atoms with Crippen LogP contribution < -0.4 is 5.32 Å². The van der Waals surface area contributed by atoms with Gasteiger partial charge in [-0.25, -0.2) is 15.0 Å². The van der Waals surface area contributed by atoms with Crippen molar-refractivity contribution >= 4 is 38.7 Å². The Labute approximate surface area is 153 Å². The number of imidazole rings is 1. The molecule has 5 aromatic rings. The number of aromatic nitrogens is 6. The second kappa shape index (κ2) is 5.63. The molecule has 0 unspecified atom stereocenters. The van der Waals surface area contributed by atoms with E-state index in [0.29, 0.717) is 5.82 Å². The topological polar surface area (TPSA) is 72.9 Å². The van der Waals surface area contributed by atoms with Gasteiger partial charge in [0.2, 0.25) is 0 Å². The van der Waals surface area contributed by atoms with Crippen molar-refractivity contribution in [3.63, 3.8) is 0 Å². The molecule has 4 heterocycles. The van der Waals surface area contributed by atoms with E-state index < -0.39 is 0 Å². The van der Waals surface area contributed by atoms with Crippen molar-refractivity contribution in [3.8, 4) is 11.3 Å². The summed E-state index contributed by atoms with van der Waals surface area (Å²) in [6.45, 7) is 2.02. The van der Waals surface area contributed by atoms with Gasteiger partial charge in [0, 0.05) is 36.9 Å². The molecule has 0 saturated heterocycles. The van der Waals surface area contributed by atoms with Crippen LogP contribution in [0.1, 0.15) is 5.01 Å². The monoisotopic (exact) mass is 361 g/mol. The molecule has 0 bridgehead atoms. The minimum atomic E-state index is 0.711. The number of anilines is 2. The van der Waals surface area contributed by atoms with Gasteiger partial charge in [-0.05, 0) is 25.1 Å². The Balaban J connectivity index is 1.57. The van der Waals surface area contributed by atoms with Gasteiger partial charge in [-0.1, -0.05) is 0 Å². The molecule has 0 aliphatic rings. The van der Waals surface area contributed by atoms with Crippen LogP contribution in [-0.4, -0.2) is 29.1 Å². The molecule has 0 atom stereocenters. The predicted molar refractivity (Wildman–Crippen MR) is 103 cm³/mol. The van der Waals surface area contributed by atoms with E-state index in [9.17, 15) is 0 Å². The van der Waals surface area contributed by atoms with Crippen molar-refractivity contribution in [1.29, 1.82) is 0 Å². The summed E-state index contributed by atoms with van der Waals surface area (Å²) in [4.78, 5) is 13.5. The average molecular weight is 361 g/mol. The number of thiazole rings is 1. The van der Waals surface area contributed by atoms with E-state index in [1.807, 2.05) is 55.3 Å². The summed E-state index contributed by atoms with van der Waals surface area (Å²) in [5, 5.41) is 8.68. The SMILES string of the molecule is Cc1nc2ccc(Nc3nccn4c(-c5cnn(C)c5)cnc34)cc2s1. The van der Waals surface area contributed by atoms with Gasteiger partial charge in [0.05, 0.1) is 33.3 Å². The Bertz CT molecular complexity index is 1250. The Morgan fingerprint density at radius 1 is 1.15 bits per heavy atom. The van der Waals surface area contributed by atoms with Crippen LogP contribution in [0.25, 0.3) is 27.1 Å². The molecular formula is C18H15N7S. The van der Waals surface area contributed by atoms with Gasteiger partial charge >= 0.3 is 0 Å². The Kier molecular flexibility index (Phi) is 3.26. The summed E-state index contributed by atoms with van der Waals surface area (Å²) in [6.07, 6.45) is 9.32. The first-order chi connectivity index (χ1) is 12.7. The maximum Gasteiger partial charge on any atom is 0.180 e. The van der Waals surface area contributed by atoms with Crippen LogP contribution in [0.3, 0.4) is 0 Å². The van der Waals surface area contributed by atoms with Crippen LogP contribution in [-0.2, 0) is 7.05 Å². The first-order valence-electron chi connectivity index (χ1n) is 8.13. The second-order valence-electron chi connectivity index (χ2n) is 6.06. The zero-order chi connectivity index (χ0) is 17.7. The van der Waals surface area contributed by atoms with Crippen LogP contribution in [0.4, 0.5) is 11.5 Å². The fourth-order valence-electron chi connectivity index (χ4n) is 3.03. The minimum Gasteiger partial charge on any atom is -0.337 e. The molecule has 128 valence electrons. The van der Waals surface area contributed by atoms with Crippen molar-refractivity contribution in [2.24, 2.45) is 7.05 Å². The van der Waals surface area contributed by atoms with Gasteiger partial charge in [0.1, 0.15) is 0 Å². The molecule has 0 radical (unpaired) electrons. The smallest absolute Gasteiger partial charge is 0.180 e. The molecule has 0 fully saturated rings.